The van der Waals surface area contributed by atoms with Gasteiger partial charge in [0.1, 0.15) is 0 Å². The van der Waals surface area contributed by atoms with Crippen molar-refractivity contribution in [3.8, 4) is 5.69 Å². The molecule has 148 valence electrons. The molecule has 0 aliphatic rings. The quantitative estimate of drug-likeness (QED) is 0.449. The first-order valence-corrected chi connectivity index (χ1v) is 10.6. The molecule has 0 fully saturated rings. The highest BCUT2D eigenvalue weighted by Gasteiger charge is 2.06. The summed E-state index contributed by atoms with van der Waals surface area (Å²) >= 11 is 1.71. The van der Waals surface area contributed by atoms with Crippen molar-refractivity contribution in [2.75, 3.05) is 13.1 Å². The van der Waals surface area contributed by atoms with Gasteiger partial charge in [0.05, 0.1) is 22.9 Å². The van der Waals surface area contributed by atoms with Crippen molar-refractivity contribution < 1.29 is 0 Å². The van der Waals surface area contributed by atoms with Crippen molar-refractivity contribution in [1.82, 2.24) is 25.4 Å². The molecule has 2 aromatic heterocycles. The highest BCUT2D eigenvalue weighted by molar-refractivity contribution is 7.09. The molecule has 28 heavy (non-hydrogen) atoms. The molecule has 2 N–H and O–H groups in total. The first-order chi connectivity index (χ1) is 13.7. The third-order valence-corrected chi connectivity index (χ3v) is 5.41. The maximum absolute atomic E-state index is 4.66. The van der Waals surface area contributed by atoms with E-state index in [-0.39, 0.29) is 0 Å². The van der Waals surface area contributed by atoms with Crippen LogP contribution in [0, 0.1) is 0 Å². The van der Waals surface area contributed by atoms with Crippen LogP contribution in [0.1, 0.15) is 43.0 Å². The summed E-state index contributed by atoms with van der Waals surface area (Å²) in [4.78, 5) is 9.31. The summed E-state index contributed by atoms with van der Waals surface area (Å²) in [6, 6.07) is 10.4. The number of hydrogen-bond donors (Lipinski definition) is 2. The van der Waals surface area contributed by atoms with E-state index in [1.807, 2.05) is 16.9 Å². The van der Waals surface area contributed by atoms with E-state index in [1.165, 1.54) is 10.6 Å². The maximum atomic E-state index is 4.66. The molecule has 0 amide bonds. The molecule has 0 unspecified atom stereocenters. The van der Waals surface area contributed by atoms with Gasteiger partial charge in [0.15, 0.2) is 5.96 Å². The molecule has 0 saturated carbocycles. The van der Waals surface area contributed by atoms with Gasteiger partial charge < -0.3 is 10.6 Å². The van der Waals surface area contributed by atoms with Gasteiger partial charge in [-0.3, -0.25) is 0 Å². The zero-order valence-electron chi connectivity index (χ0n) is 16.7. The molecule has 3 rings (SSSR count). The van der Waals surface area contributed by atoms with Crippen LogP contribution < -0.4 is 10.6 Å². The lowest BCUT2D eigenvalue weighted by molar-refractivity contribution is 0.793. The molecule has 0 radical (unpaired) electrons. The van der Waals surface area contributed by atoms with Crippen LogP contribution in [0.5, 0.6) is 0 Å². The van der Waals surface area contributed by atoms with Crippen LogP contribution in [0.4, 0.5) is 0 Å². The smallest absolute Gasteiger partial charge is 0.191 e. The average Bonchev–Trinajstić information content (AvgIpc) is 3.39. The van der Waals surface area contributed by atoms with Crippen LogP contribution >= 0.6 is 11.3 Å². The number of rotatable bonds is 8. The first-order valence-electron chi connectivity index (χ1n) is 9.71. The highest BCUT2D eigenvalue weighted by Crippen LogP contribution is 2.19. The number of thiazole rings is 1. The van der Waals surface area contributed by atoms with E-state index in [0.29, 0.717) is 12.5 Å². The van der Waals surface area contributed by atoms with E-state index in [9.17, 15) is 0 Å². The summed E-state index contributed by atoms with van der Waals surface area (Å²) in [7, 11) is 0. The van der Waals surface area contributed by atoms with Gasteiger partial charge in [-0.05, 0) is 37.1 Å². The SMILES string of the molecule is CCNC(=NCc1csc(C(C)C)n1)NCCc1ccc(-n2cccn2)cc1. The van der Waals surface area contributed by atoms with Gasteiger partial charge in [-0.25, -0.2) is 14.7 Å². The Morgan fingerprint density at radius 3 is 2.68 bits per heavy atom. The van der Waals surface area contributed by atoms with Crippen LogP contribution in [0.25, 0.3) is 5.69 Å². The molecular formula is C21H28N6S. The minimum atomic E-state index is 0.466. The Bertz CT molecular complexity index is 865. The molecule has 0 spiro atoms. The second-order valence-electron chi connectivity index (χ2n) is 6.82. The molecule has 0 saturated heterocycles. The van der Waals surface area contributed by atoms with Crippen LogP contribution in [0.3, 0.4) is 0 Å². The first kappa shape index (κ1) is 20.1. The fraction of sp³-hybridized carbons (Fsp3) is 0.381. The normalized spacial score (nSPS) is 11.8. The highest BCUT2D eigenvalue weighted by atomic mass is 32.1. The summed E-state index contributed by atoms with van der Waals surface area (Å²) in [5, 5.41) is 14.2. The molecular weight excluding hydrogens is 368 g/mol. The van der Waals surface area contributed by atoms with Gasteiger partial charge in [0.25, 0.3) is 0 Å². The van der Waals surface area contributed by atoms with Crippen molar-refractivity contribution in [1.29, 1.82) is 0 Å². The van der Waals surface area contributed by atoms with Crippen molar-refractivity contribution in [3.05, 3.63) is 64.4 Å². The Morgan fingerprint density at radius 2 is 2.04 bits per heavy atom. The van der Waals surface area contributed by atoms with Gasteiger partial charge in [-0.15, -0.1) is 11.3 Å². The lowest BCUT2D eigenvalue weighted by Crippen LogP contribution is -2.38. The van der Waals surface area contributed by atoms with Crippen LogP contribution in [0.2, 0.25) is 0 Å². The van der Waals surface area contributed by atoms with E-state index < -0.39 is 0 Å². The number of aromatic nitrogens is 3. The molecule has 7 heteroatoms. The summed E-state index contributed by atoms with van der Waals surface area (Å²) in [5.74, 6) is 1.29. The van der Waals surface area contributed by atoms with E-state index in [4.69, 9.17) is 0 Å². The van der Waals surface area contributed by atoms with Crippen LogP contribution in [0.15, 0.2) is 53.1 Å². The summed E-state index contributed by atoms with van der Waals surface area (Å²) in [6.07, 6.45) is 4.66. The van der Waals surface area contributed by atoms with Crippen LogP contribution in [-0.4, -0.2) is 33.8 Å². The predicted octanol–water partition coefficient (Wildman–Crippen LogP) is 3.75. The van der Waals surface area contributed by atoms with E-state index in [2.05, 4.69) is 76.1 Å². The Kier molecular flexibility index (Phi) is 7.19. The van der Waals surface area contributed by atoms with Crippen LogP contribution in [-0.2, 0) is 13.0 Å². The lowest BCUT2D eigenvalue weighted by Gasteiger charge is -2.11. The summed E-state index contributed by atoms with van der Waals surface area (Å²) in [5.41, 5.74) is 3.38. The largest absolute Gasteiger partial charge is 0.357 e. The number of benzene rings is 1. The second-order valence-corrected chi connectivity index (χ2v) is 7.71. The van der Waals surface area contributed by atoms with E-state index in [0.717, 1.165) is 36.9 Å². The van der Waals surface area contributed by atoms with Crippen molar-refractivity contribution in [2.45, 2.75) is 39.7 Å². The second kappa shape index (κ2) is 10.0. The average molecular weight is 397 g/mol. The van der Waals surface area contributed by atoms with Gasteiger partial charge in [0, 0.05) is 36.8 Å². The van der Waals surface area contributed by atoms with Crippen molar-refractivity contribution in [3.63, 3.8) is 0 Å². The minimum Gasteiger partial charge on any atom is -0.357 e. The monoisotopic (exact) mass is 396 g/mol. The van der Waals surface area contributed by atoms with E-state index >= 15 is 0 Å². The fourth-order valence-corrected chi connectivity index (χ4v) is 3.55. The van der Waals surface area contributed by atoms with Crippen molar-refractivity contribution >= 4 is 17.3 Å². The molecule has 0 atom stereocenters. The molecule has 0 aliphatic heterocycles. The summed E-state index contributed by atoms with van der Waals surface area (Å²) < 4.78 is 1.86. The molecule has 2 heterocycles. The number of hydrogen-bond acceptors (Lipinski definition) is 4. The predicted molar refractivity (Wildman–Crippen MR) is 116 cm³/mol. The standard InChI is InChI=1S/C21H28N6S/c1-4-22-21(24-14-18-15-28-20(26-18)16(2)3)23-12-10-17-6-8-19(9-7-17)27-13-5-11-25-27/h5-9,11,13,15-16H,4,10,12,14H2,1-3H3,(H2,22,23,24). The lowest BCUT2D eigenvalue weighted by atomic mass is 10.1. The third kappa shape index (κ3) is 5.66. The Hall–Kier alpha value is -2.67. The van der Waals surface area contributed by atoms with Gasteiger partial charge in [0.2, 0.25) is 0 Å². The fourth-order valence-electron chi connectivity index (χ4n) is 2.72. The Labute approximate surface area is 170 Å². The Morgan fingerprint density at radius 1 is 1.21 bits per heavy atom. The third-order valence-electron chi connectivity index (χ3n) is 4.22. The van der Waals surface area contributed by atoms with Gasteiger partial charge >= 0.3 is 0 Å². The maximum Gasteiger partial charge on any atom is 0.191 e. The molecule has 1 aromatic carbocycles. The van der Waals surface area contributed by atoms with Gasteiger partial charge in [-0.1, -0.05) is 26.0 Å². The number of guanidine groups is 1. The minimum absolute atomic E-state index is 0.466. The molecule has 0 aliphatic carbocycles. The van der Waals surface area contributed by atoms with E-state index in [1.54, 1.807) is 17.5 Å². The molecule has 6 nitrogen and oxygen atoms in total. The number of nitrogens with one attached hydrogen (secondary N) is 2. The topological polar surface area (TPSA) is 67.1 Å². The summed E-state index contributed by atoms with van der Waals surface area (Å²) in [6.45, 7) is 8.65. The number of aliphatic imine (C=N–C) groups is 1. The molecule has 3 aromatic rings. The van der Waals surface area contributed by atoms with Gasteiger partial charge in [-0.2, -0.15) is 5.10 Å². The Balaban J connectivity index is 1.51. The number of nitrogens with zero attached hydrogens (tertiary/aromatic N) is 4. The zero-order chi connectivity index (χ0) is 19.8. The van der Waals surface area contributed by atoms with Crippen molar-refractivity contribution in [2.24, 2.45) is 4.99 Å². The zero-order valence-corrected chi connectivity index (χ0v) is 17.5. The molecule has 0 bridgehead atoms.